The van der Waals surface area contributed by atoms with E-state index in [1.165, 1.54) is 6.26 Å². The molecule has 0 aliphatic carbocycles. The van der Waals surface area contributed by atoms with Crippen LogP contribution in [0.25, 0.3) is 0 Å². The van der Waals surface area contributed by atoms with Gasteiger partial charge in [0.25, 0.3) is 5.91 Å². The zero-order chi connectivity index (χ0) is 13.8. The van der Waals surface area contributed by atoms with Crippen molar-refractivity contribution in [3.05, 3.63) is 52.1 Å². The van der Waals surface area contributed by atoms with Gasteiger partial charge in [0.2, 0.25) is 5.89 Å². The van der Waals surface area contributed by atoms with Crippen molar-refractivity contribution in [2.24, 2.45) is 5.73 Å². The summed E-state index contributed by atoms with van der Waals surface area (Å²) in [5.41, 5.74) is 6.86. The predicted octanol–water partition coefficient (Wildman–Crippen LogP) is 2.39. The summed E-state index contributed by atoms with van der Waals surface area (Å²) in [6.07, 6.45) is 1.32. The third-order valence-electron chi connectivity index (χ3n) is 2.51. The smallest absolute Gasteiger partial charge is 0.273 e. The van der Waals surface area contributed by atoms with Gasteiger partial charge in [-0.25, -0.2) is 4.98 Å². The van der Waals surface area contributed by atoms with Gasteiger partial charge in [0.15, 0.2) is 5.69 Å². The van der Waals surface area contributed by atoms with Crippen LogP contribution in [0.2, 0.25) is 0 Å². The van der Waals surface area contributed by atoms with Gasteiger partial charge in [0, 0.05) is 11.0 Å². The van der Waals surface area contributed by atoms with Gasteiger partial charge in [0.1, 0.15) is 6.26 Å². The largest absolute Gasteiger partial charge is 0.446 e. The Balaban J connectivity index is 1.95. The van der Waals surface area contributed by atoms with Crippen LogP contribution in [0.4, 0.5) is 0 Å². The van der Waals surface area contributed by atoms with Crippen molar-refractivity contribution in [1.82, 2.24) is 10.3 Å². The fraction of sp³-hybridized carbons (Fsp3) is 0.231. The van der Waals surface area contributed by atoms with Crippen molar-refractivity contribution in [2.75, 3.05) is 0 Å². The van der Waals surface area contributed by atoms with Crippen LogP contribution in [0.3, 0.4) is 0 Å². The molecule has 0 spiro atoms. The predicted molar refractivity (Wildman–Crippen MR) is 74.4 cm³/mol. The van der Waals surface area contributed by atoms with Gasteiger partial charge < -0.3 is 15.5 Å². The van der Waals surface area contributed by atoms with Crippen LogP contribution < -0.4 is 11.1 Å². The second kappa shape index (κ2) is 5.99. The van der Waals surface area contributed by atoms with Crippen LogP contribution in [0.5, 0.6) is 0 Å². The van der Waals surface area contributed by atoms with E-state index >= 15 is 0 Å². The Morgan fingerprint density at radius 1 is 1.47 bits per heavy atom. The lowest BCUT2D eigenvalue weighted by Gasteiger charge is -2.03. The Morgan fingerprint density at radius 2 is 2.16 bits per heavy atom. The van der Waals surface area contributed by atoms with E-state index in [-0.39, 0.29) is 17.6 Å². The summed E-state index contributed by atoms with van der Waals surface area (Å²) in [5.74, 6) is 0.0763. The summed E-state index contributed by atoms with van der Waals surface area (Å²) in [6.45, 7) is 2.18. The van der Waals surface area contributed by atoms with Gasteiger partial charge in [0.05, 0.1) is 6.04 Å². The van der Waals surface area contributed by atoms with Gasteiger partial charge in [-0.1, -0.05) is 28.1 Å². The molecule has 100 valence electrons. The highest BCUT2D eigenvalue weighted by atomic mass is 79.9. The van der Waals surface area contributed by atoms with E-state index in [0.717, 1.165) is 10.0 Å². The lowest BCUT2D eigenvalue weighted by molar-refractivity contribution is 0.0946. The number of rotatable bonds is 4. The van der Waals surface area contributed by atoms with Crippen LogP contribution in [0.1, 0.15) is 34.9 Å². The Bertz CT molecular complexity index is 564. The van der Waals surface area contributed by atoms with E-state index in [0.29, 0.717) is 12.4 Å². The van der Waals surface area contributed by atoms with Crippen LogP contribution in [0, 0.1) is 0 Å². The molecule has 1 aromatic carbocycles. The first-order chi connectivity index (χ1) is 9.06. The molecule has 0 saturated carbocycles. The molecule has 2 rings (SSSR count). The normalized spacial score (nSPS) is 12.2. The molecule has 1 amide bonds. The fourth-order valence-corrected chi connectivity index (χ4v) is 1.74. The Morgan fingerprint density at radius 3 is 2.74 bits per heavy atom. The number of nitrogens with zero attached hydrogens (tertiary/aromatic N) is 1. The number of benzene rings is 1. The summed E-state index contributed by atoms with van der Waals surface area (Å²) in [4.78, 5) is 15.9. The molecule has 0 saturated heterocycles. The first-order valence-electron chi connectivity index (χ1n) is 5.80. The van der Waals surface area contributed by atoms with Crippen molar-refractivity contribution in [3.8, 4) is 0 Å². The summed E-state index contributed by atoms with van der Waals surface area (Å²) in [5, 5.41) is 2.77. The molecule has 0 radical (unpaired) electrons. The van der Waals surface area contributed by atoms with E-state index < -0.39 is 0 Å². The molecule has 2 aromatic rings. The molecule has 1 atom stereocenters. The number of carbonyl (C=O) groups is 1. The van der Waals surface area contributed by atoms with Crippen LogP contribution in [-0.2, 0) is 6.54 Å². The number of aromatic nitrogens is 1. The number of halogens is 1. The molecule has 1 unspecified atom stereocenters. The average molecular weight is 324 g/mol. The number of nitrogens with one attached hydrogen (secondary N) is 1. The van der Waals surface area contributed by atoms with Crippen LogP contribution in [0.15, 0.2) is 39.4 Å². The zero-order valence-electron chi connectivity index (χ0n) is 10.4. The molecule has 6 heteroatoms. The lowest BCUT2D eigenvalue weighted by atomic mass is 10.2. The van der Waals surface area contributed by atoms with Gasteiger partial charge >= 0.3 is 0 Å². The maximum absolute atomic E-state index is 11.8. The molecular formula is C13H14BrN3O2. The van der Waals surface area contributed by atoms with Crippen molar-refractivity contribution < 1.29 is 9.21 Å². The number of hydrogen-bond donors (Lipinski definition) is 2. The quantitative estimate of drug-likeness (QED) is 0.905. The number of nitrogens with two attached hydrogens (primary N) is 1. The molecule has 0 fully saturated rings. The summed E-state index contributed by atoms with van der Waals surface area (Å²) in [7, 11) is 0. The lowest BCUT2D eigenvalue weighted by Crippen LogP contribution is -2.23. The van der Waals surface area contributed by atoms with E-state index in [1.807, 2.05) is 24.3 Å². The van der Waals surface area contributed by atoms with Crippen molar-refractivity contribution in [3.63, 3.8) is 0 Å². The highest BCUT2D eigenvalue weighted by Crippen LogP contribution is 2.11. The summed E-state index contributed by atoms with van der Waals surface area (Å²) < 4.78 is 6.11. The van der Waals surface area contributed by atoms with E-state index in [2.05, 4.69) is 26.2 Å². The monoisotopic (exact) mass is 323 g/mol. The first-order valence-corrected chi connectivity index (χ1v) is 6.59. The minimum absolute atomic E-state index is 0.240. The summed E-state index contributed by atoms with van der Waals surface area (Å²) >= 11 is 3.36. The van der Waals surface area contributed by atoms with Crippen molar-refractivity contribution in [2.45, 2.75) is 19.5 Å². The topological polar surface area (TPSA) is 81.1 Å². The van der Waals surface area contributed by atoms with Crippen molar-refractivity contribution in [1.29, 1.82) is 0 Å². The highest BCUT2D eigenvalue weighted by molar-refractivity contribution is 9.10. The molecule has 5 nitrogen and oxygen atoms in total. The number of hydrogen-bond acceptors (Lipinski definition) is 4. The summed E-state index contributed by atoms with van der Waals surface area (Å²) in [6, 6.07) is 7.38. The van der Waals surface area contributed by atoms with E-state index in [9.17, 15) is 4.79 Å². The van der Waals surface area contributed by atoms with Gasteiger partial charge in [-0.2, -0.15) is 0 Å². The maximum atomic E-state index is 11.8. The van der Waals surface area contributed by atoms with Crippen molar-refractivity contribution >= 4 is 21.8 Å². The van der Waals surface area contributed by atoms with Gasteiger partial charge in [-0.15, -0.1) is 0 Å². The minimum atomic E-state index is -0.326. The minimum Gasteiger partial charge on any atom is -0.446 e. The zero-order valence-corrected chi connectivity index (χ0v) is 12.0. The molecule has 1 heterocycles. The van der Waals surface area contributed by atoms with E-state index in [4.69, 9.17) is 10.2 Å². The Hall–Kier alpha value is -1.66. The molecule has 3 N–H and O–H groups in total. The molecule has 19 heavy (non-hydrogen) atoms. The molecule has 0 aliphatic heterocycles. The molecular weight excluding hydrogens is 310 g/mol. The third kappa shape index (κ3) is 3.65. The Kier molecular flexibility index (Phi) is 4.34. The van der Waals surface area contributed by atoms with Gasteiger partial charge in [-0.3, -0.25) is 4.79 Å². The molecule has 1 aromatic heterocycles. The second-order valence-corrected chi connectivity index (χ2v) is 5.08. The number of carbonyl (C=O) groups excluding carboxylic acids is 1. The van der Waals surface area contributed by atoms with Crippen LogP contribution >= 0.6 is 15.9 Å². The van der Waals surface area contributed by atoms with Crippen LogP contribution in [-0.4, -0.2) is 10.9 Å². The third-order valence-corrected chi connectivity index (χ3v) is 3.04. The SMILES string of the molecule is CC(N)c1nc(C(=O)NCc2ccc(Br)cc2)co1. The first kappa shape index (κ1) is 13.8. The van der Waals surface area contributed by atoms with E-state index in [1.54, 1.807) is 6.92 Å². The molecule has 0 bridgehead atoms. The highest BCUT2D eigenvalue weighted by Gasteiger charge is 2.13. The maximum Gasteiger partial charge on any atom is 0.273 e. The molecule has 0 aliphatic rings. The number of oxazole rings is 1. The second-order valence-electron chi connectivity index (χ2n) is 4.17. The number of amides is 1. The van der Waals surface area contributed by atoms with Gasteiger partial charge in [-0.05, 0) is 24.6 Å². The fourth-order valence-electron chi connectivity index (χ4n) is 1.48. The Labute approximate surface area is 119 Å². The average Bonchev–Trinajstić information content (AvgIpc) is 2.87. The standard InChI is InChI=1S/C13H14BrN3O2/c1-8(15)13-17-11(7-19-13)12(18)16-6-9-2-4-10(14)5-3-9/h2-5,7-8H,6,15H2,1H3,(H,16,18).